The minimum Gasteiger partial charge on any atom is -0.327 e. The third-order valence-electron chi connectivity index (χ3n) is 3.28. The topological polar surface area (TPSA) is 26.0 Å². The zero-order valence-corrected chi connectivity index (χ0v) is 9.26. The zero-order valence-electron chi connectivity index (χ0n) is 9.26. The first-order valence-electron chi connectivity index (χ1n) is 5.84. The van der Waals surface area contributed by atoms with Crippen molar-refractivity contribution in [2.75, 3.05) is 0 Å². The fourth-order valence-electron chi connectivity index (χ4n) is 2.27. The van der Waals surface area contributed by atoms with Gasteiger partial charge in [0.05, 0.1) is 0 Å². The van der Waals surface area contributed by atoms with Crippen molar-refractivity contribution < 1.29 is 8.78 Å². The maximum atomic E-state index is 12.9. The van der Waals surface area contributed by atoms with Crippen molar-refractivity contribution in [3.05, 3.63) is 35.4 Å². The summed E-state index contributed by atoms with van der Waals surface area (Å²) in [6, 6.07) is 3.64. The van der Waals surface area contributed by atoms with E-state index in [2.05, 4.69) is 0 Å². The highest BCUT2D eigenvalue weighted by atomic mass is 19.1. The highest BCUT2D eigenvalue weighted by molar-refractivity contribution is 5.18. The van der Waals surface area contributed by atoms with Crippen LogP contribution in [0.15, 0.2) is 18.2 Å². The van der Waals surface area contributed by atoms with Gasteiger partial charge in [0.1, 0.15) is 11.6 Å². The van der Waals surface area contributed by atoms with Gasteiger partial charge in [-0.05, 0) is 36.5 Å². The van der Waals surface area contributed by atoms with Crippen molar-refractivity contribution in [1.82, 2.24) is 0 Å². The molecule has 1 aliphatic carbocycles. The number of hydrogen-bond acceptors (Lipinski definition) is 1. The number of halogens is 2. The van der Waals surface area contributed by atoms with Crippen molar-refractivity contribution >= 4 is 0 Å². The summed E-state index contributed by atoms with van der Waals surface area (Å²) in [5, 5.41) is 0. The second kappa shape index (κ2) is 4.91. The van der Waals surface area contributed by atoms with Crippen LogP contribution in [0.5, 0.6) is 0 Å². The van der Waals surface area contributed by atoms with Gasteiger partial charge in [-0.1, -0.05) is 19.3 Å². The predicted molar refractivity (Wildman–Crippen MR) is 60.0 cm³/mol. The Morgan fingerprint density at radius 3 is 2.31 bits per heavy atom. The van der Waals surface area contributed by atoms with E-state index in [1.807, 2.05) is 0 Å². The van der Waals surface area contributed by atoms with Crippen LogP contribution >= 0.6 is 0 Å². The summed E-state index contributed by atoms with van der Waals surface area (Å²) >= 11 is 0. The van der Waals surface area contributed by atoms with Crippen LogP contribution in [0.2, 0.25) is 0 Å². The molecule has 0 heterocycles. The SMILES string of the molecule is NC(Cc1cc(F)cc(F)c1)CC1CCC1. The molecule has 0 aliphatic heterocycles. The number of rotatable bonds is 4. The van der Waals surface area contributed by atoms with E-state index in [4.69, 9.17) is 5.73 Å². The van der Waals surface area contributed by atoms with Gasteiger partial charge in [0.15, 0.2) is 0 Å². The van der Waals surface area contributed by atoms with Gasteiger partial charge >= 0.3 is 0 Å². The van der Waals surface area contributed by atoms with E-state index < -0.39 is 11.6 Å². The molecule has 0 aromatic heterocycles. The Bertz CT molecular complexity index is 341. The molecule has 1 aromatic rings. The maximum absolute atomic E-state index is 12.9. The van der Waals surface area contributed by atoms with Gasteiger partial charge in [-0.25, -0.2) is 8.78 Å². The van der Waals surface area contributed by atoms with Crippen LogP contribution in [0.3, 0.4) is 0 Å². The first kappa shape index (κ1) is 11.5. The van der Waals surface area contributed by atoms with Crippen LogP contribution in [-0.2, 0) is 6.42 Å². The molecule has 1 aliphatic rings. The van der Waals surface area contributed by atoms with Gasteiger partial charge in [0, 0.05) is 12.1 Å². The summed E-state index contributed by atoms with van der Waals surface area (Å²) in [7, 11) is 0. The summed E-state index contributed by atoms with van der Waals surface area (Å²) in [6.45, 7) is 0. The molecule has 1 saturated carbocycles. The van der Waals surface area contributed by atoms with Gasteiger partial charge in [-0.15, -0.1) is 0 Å². The zero-order chi connectivity index (χ0) is 11.5. The van der Waals surface area contributed by atoms with E-state index in [0.29, 0.717) is 12.0 Å². The minimum absolute atomic E-state index is 0.0199. The number of nitrogens with two attached hydrogens (primary N) is 1. The lowest BCUT2D eigenvalue weighted by molar-refractivity contribution is 0.275. The van der Waals surface area contributed by atoms with E-state index in [9.17, 15) is 8.78 Å². The Morgan fingerprint density at radius 1 is 1.19 bits per heavy atom. The lowest BCUT2D eigenvalue weighted by Gasteiger charge is -2.28. The number of benzene rings is 1. The van der Waals surface area contributed by atoms with Crippen LogP contribution in [0.25, 0.3) is 0 Å². The minimum atomic E-state index is -0.522. The third kappa shape index (κ3) is 3.01. The Morgan fingerprint density at radius 2 is 1.81 bits per heavy atom. The second-order valence-corrected chi connectivity index (χ2v) is 4.77. The fourth-order valence-corrected chi connectivity index (χ4v) is 2.27. The standard InChI is InChI=1S/C13H17F2N/c14-11-4-10(5-12(15)8-11)7-13(16)6-9-2-1-3-9/h4-5,8-9,13H,1-3,6-7,16H2. The second-order valence-electron chi connectivity index (χ2n) is 4.77. The van der Waals surface area contributed by atoms with Crippen LogP contribution in [0.1, 0.15) is 31.2 Å². The van der Waals surface area contributed by atoms with Crippen molar-refractivity contribution in [3.8, 4) is 0 Å². The fraction of sp³-hybridized carbons (Fsp3) is 0.538. The number of hydrogen-bond donors (Lipinski definition) is 1. The molecule has 2 rings (SSSR count). The van der Waals surface area contributed by atoms with Crippen molar-refractivity contribution in [2.24, 2.45) is 11.7 Å². The average Bonchev–Trinajstić information content (AvgIpc) is 2.09. The van der Waals surface area contributed by atoms with Crippen LogP contribution in [0, 0.1) is 17.6 Å². The summed E-state index contributed by atoms with van der Waals surface area (Å²) < 4.78 is 25.9. The lowest BCUT2D eigenvalue weighted by Crippen LogP contribution is -2.28. The van der Waals surface area contributed by atoms with E-state index in [-0.39, 0.29) is 6.04 Å². The van der Waals surface area contributed by atoms with Gasteiger partial charge in [-0.2, -0.15) is 0 Å². The molecular weight excluding hydrogens is 208 g/mol. The predicted octanol–water partition coefficient (Wildman–Crippen LogP) is 3.02. The molecule has 1 nitrogen and oxygen atoms in total. The monoisotopic (exact) mass is 225 g/mol. The first-order chi connectivity index (χ1) is 7.63. The van der Waals surface area contributed by atoms with E-state index in [1.165, 1.54) is 31.4 Å². The molecule has 1 atom stereocenters. The third-order valence-corrected chi connectivity index (χ3v) is 3.28. The molecule has 0 saturated heterocycles. The molecule has 0 amide bonds. The van der Waals surface area contributed by atoms with E-state index in [1.54, 1.807) is 0 Å². The Balaban J connectivity index is 1.91. The average molecular weight is 225 g/mol. The molecule has 88 valence electrons. The van der Waals surface area contributed by atoms with Crippen molar-refractivity contribution in [3.63, 3.8) is 0 Å². The molecule has 0 spiro atoms. The molecule has 16 heavy (non-hydrogen) atoms. The van der Waals surface area contributed by atoms with Crippen LogP contribution < -0.4 is 5.73 Å². The van der Waals surface area contributed by atoms with E-state index >= 15 is 0 Å². The highest BCUT2D eigenvalue weighted by Crippen LogP contribution is 2.30. The quantitative estimate of drug-likeness (QED) is 0.837. The molecular formula is C13H17F2N. The normalized spacial score (nSPS) is 18.2. The summed E-state index contributed by atoms with van der Waals surface area (Å²) in [5.41, 5.74) is 6.63. The maximum Gasteiger partial charge on any atom is 0.126 e. The molecule has 1 fully saturated rings. The molecule has 3 heteroatoms. The van der Waals surface area contributed by atoms with E-state index in [0.717, 1.165) is 18.4 Å². The molecule has 1 aromatic carbocycles. The molecule has 1 unspecified atom stereocenters. The van der Waals surface area contributed by atoms with Crippen molar-refractivity contribution in [1.29, 1.82) is 0 Å². The molecule has 0 bridgehead atoms. The summed E-state index contributed by atoms with van der Waals surface area (Å²) in [4.78, 5) is 0. The molecule has 2 N–H and O–H groups in total. The Labute approximate surface area is 94.7 Å². The lowest BCUT2D eigenvalue weighted by atomic mass is 9.80. The van der Waals surface area contributed by atoms with Gasteiger partial charge in [-0.3, -0.25) is 0 Å². The van der Waals surface area contributed by atoms with Gasteiger partial charge in [0.25, 0.3) is 0 Å². The Hall–Kier alpha value is -0.960. The summed E-state index contributed by atoms with van der Waals surface area (Å²) in [5.74, 6) is -0.315. The smallest absolute Gasteiger partial charge is 0.126 e. The molecule has 0 radical (unpaired) electrons. The van der Waals surface area contributed by atoms with Gasteiger partial charge < -0.3 is 5.73 Å². The highest BCUT2D eigenvalue weighted by Gasteiger charge is 2.20. The van der Waals surface area contributed by atoms with Gasteiger partial charge in [0.2, 0.25) is 0 Å². The largest absolute Gasteiger partial charge is 0.327 e. The van der Waals surface area contributed by atoms with Crippen molar-refractivity contribution in [2.45, 2.75) is 38.1 Å². The summed E-state index contributed by atoms with van der Waals surface area (Å²) in [6.07, 6.45) is 5.34. The first-order valence-corrected chi connectivity index (χ1v) is 5.84. The Kier molecular flexibility index (Phi) is 3.54. The van der Waals surface area contributed by atoms with Crippen LogP contribution in [-0.4, -0.2) is 6.04 Å². The van der Waals surface area contributed by atoms with Crippen LogP contribution in [0.4, 0.5) is 8.78 Å².